The number of rotatable bonds is 3. The first-order chi connectivity index (χ1) is 6.54. The molecule has 0 atom stereocenters. The maximum absolute atomic E-state index is 12.0. The molecule has 0 bridgehead atoms. The lowest BCUT2D eigenvalue weighted by Gasteiger charge is -1.97. The van der Waals surface area contributed by atoms with E-state index in [1.807, 2.05) is 0 Å². The molecule has 7 heteroatoms. The minimum Gasteiger partial charge on any atom is -0.464 e. The van der Waals surface area contributed by atoms with Crippen LogP contribution >= 0.6 is 15.9 Å². The fourth-order valence-corrected chi connectivity index (χ4v) is 1.34. The zero-order valence-electron chi connectivity index (χ0n) is 7.21. The predicted molar refractivity (Wildman–Crippen MR) is 47.3 cm³/mol. The third kappa shape index (κ3) is 2.50. The highest BCUT2D eigenvalue weighted by Gasteiger charge is 2.16. The molecule has 14 heavy (non-hydrogen) atoms. The van der Waals surface area contributed by atoms with Crippen molar-refractivity contribution in [1.82, 2.24) is 9.78 Å². The summed E-state index contributed by atoms with van der Waals surface area (Å²) in [6.07, 6.45) is -1.20. The molecule has 4 nitrogen and oxygen atoms in total. The van der Waals surface area contributed by atoms with Gasteiger partial charge in [0.15, 0.2) is 5.69 Å². The standard InChI is InChI=1S/C7H7BrF2N2O2/c1-14-7(13)6-4(8)2-12(11-6)3-5(9)10/h2,5H,3H2,1H3. The lowest BCUT2D eigenvalue weighted by Crippen LogP contribution is -2.09. The van der Waals surface area contributed by atoms with Crippen molar-refractivity contribution in [3.63, 3.8) is 0 Å². The van der Waals surface area contributed by atoms with Crippen LogP contribution in [-0.2, 0) is 11.3 Å². The molecule has 0 aliphatic rings. The van der Waals surface area contributed by atoms with Crippen molar-refractivity contribution < 1.29 is 18.3 Å². The van der Waals surface area contributed by atoms with Crippen molar-refractivity contribution in [3.05, 3.63) is 16.4 Å². The van der Waals surface area contributed by atoms with Crippen LogP contribution < -0.4 is 0 Å². The highest BCUT2D eigenvalue weighted by Crippen LogP contribution is 2.16. The van der Waals surface area contributed by atoms with Gasteiger partial charge in [0.25, 0.3) is 6.43 Å². The van der Waals surface area contributed by atoms with Gasteiger partial charge >= 0.3 is 5.97 Å². The molecule has 0 unspecified atom stereocenters. The van der Waals surface area contributed by atoms with Crippen LogP contribution in [0.2, 0.25) is 0 Å². The number of ether oxygens (including phenoxy) is 1. The molecular weight excluding hydrogens is 262 g/mol. The minimum absolute atomic E-state index is 0.00634. The molecule has 1 aromatic rings. The number of esters is 1. The summed E-state index contributed by atoms with van der Waals surface area (Å²) >= 11 is 3.02. The van der Waals surface area contributed by atoms with Crippen LogP contribution in [0.4, 0.5) is 8.78 Å². The minimum atomic E-state index is -2.51. The first kappa shape index (κ1) is 11.1. The number of carbonyl (C=O) groups excluding carboxylic acids is 1. The molecule has 0 amide bonds. The van der Waals surface area contributed by atoms with Crippen LogP contribution in [0, 0.1) is 0 Å². The Kier molecular flexibility index (Phi) is 3.56. The molecule has 0 saturated carbocycles. The third-order valence-corrected chi connectivity index (χ3v) is 2.00. The predicted octanol–water partition coefficient (Wildman–Crippen LogP) is 1.70. The van der Waals surface area contributed by atoms with Crippen molar-refractivity contribution in [3.8, 4) is 0 Å². The van der Waals surface area contributed by atoms with E-state index in [2.05, 4.69) is 25.8 Å². The van der Waals surface area contributed by atoms with Gasteiger partial charge in [0.2, 0.25) is 0 Å². The van der Waals surface area contributed by atoms with Gasteiger partial charge < -0.3 is 4.74 Å². The first-order valence-electron chi connectivity index (χ1n) is 3.64. The summed E-state index contributed by atoms with van der Waals surface area (Å²) in [5, 5.41) is 3.64. The number of carbonyl (C=O) groups is 1. The van der Waals surface area contributed by atoms with Gasteiger partial charge in [0.1, 0.15) is 6.54 Å². The summed E-state index contributed by atoms with van der Waals surface area (Å²) < 4.78 is 29.6. The number of hydrogen-bond acceptors (Lipinski definition) is 3. The molecule has 0 saturated heterocycles. The van der Waals surface area contributed by atoms with Crippen molar-refractivity contribution in [1.29, 1.82) is 0 Å². The van der Waals surface area contributed by atoms with Crippen molar-refractivity contribution >= 4 is 21.9 Å². The number of alkyl halides is 2. The van der Waals surface area contributed by atoms with Crippen LogP contribution in [0.5, 0.6) is 0 Å². The fraction of sp³-hybridized carbons (Fsp3) is 0.429. The van der Waals surface area contributed by atoms with Crippen LogP contribution in [0.15, 0.2) is 10.7 Å². The second-order valence-electron chi connectivity index (χ2n) is 2.43. The van der Waals surface area contributed by atoms with Gasteiger partial charge in [0.05, 0.1) is 11.6 Å². The van der Waals surface area contributed by atoms with Crippen LogP contribution in [0.1, 0.15) is 10.5 Å². The van der Waals surface area contributed by atoms with Gasteiger partial charge in [-0.3, -0.25) is 4.68 Å². The van der Waals surface area contributed by atoms with E-state index >= 15 is 0 Å². The molecule has 0 N–H and O–H groups in total. The SMILES string of the molecule is COC(=O)c1nn(CC(F)F)cc1Br. The Bertz CT molecular complexity index is 340. The van der Waals surface area contributed by atoms with Gasteiger partial charge in [-0.25, -0.2) is 13.6 Å². The Morgan fingerprint density at radius 1 is 1.79 bits per heavy atom. The average Bonchev–Trinajstić information content (AvgIpc) is 2.44. The lowest BCUT2D eigenvalue weighted by molar-refractivity contribution is 0.0589. The van der Waals surface area contributed by atoms with Crippen LogP contribution in [-0.4, -0.2) is 29.3 Å². The molecule has 0 aliphatic heterocycles. The summed E-state index contributed by atoms with van der Waals surface area (Å²) in [6.45, 7) is -0.546. The van der Waals surface area contributed by atoms with Crippen molar-refractivity contribution in [2.24, 2.45) is 0 Å². The number of methoxy groups -OCH3 is 1. The summed E-state index contributed by atoms with van der Waals surface area (Å²) in [5.41, 5.74) is -0.00634. The van der Waals surface area contributed by atoms with Gasteiger partial charge in [-0.2, -0.15) is 5.10 Å². The summed E-state index contributed by atoms with van der Waals surface area (Å²) in [4.78, 5) is 11.0. The van der Waals surface area contributed by atoms with Crippen molar-refractivity contribution in [2.45, 2.75) is 13.0 Å². The Labute approximate surface area is 87.0 Å². The highest BCUT2D eigenvalue weighted by atomic mass is 79.9. The van der Waals surface area contributed by atoms with Crippen molar-refractivity contribution in [2.75, 3.05) is 7.11 Å². The second-order valence-corrected chi connectivity index (χ2v) is 3.28. The smallest absolute Gasteiger partial charge is 0.359 e. The average molecular weight is 269 g/mol. The Balaban J connectivity index is 2.87. The maximum Gasteiger partial charge on any atom is 0.359 e. The largest absolute Gasteiger partial charge is 0.464 e. The molecule has 0 radical (unpaired) electrons. The first-order valence-corrected chi connectivity index (χ1v) is 4.43. The van der Waals surface area contributed by atoms with E-state index in [1.54, 1.807) is 0 Å². The number of halogens is 3. The second kappa shape index (κ2) is 4.50. The molecule has 0 fully saturated rings. The highest BCUT2D eigenvalue weighted by molar-refractivity contribution is 9.10. The van der Waals surface area contributed by atoms with Gasteiger partial charge in [-0.05, 0) is 15.9 Å². The van der Waals surface area contributed by atoms with Gasteiger partial charge in [-0.15, -0.1) is 0 Å². The Hall–Kier alpha value is -0.980. The summed E-state index contributed by atoms with van der Waals surface area (Å²) in [5.74, 6) is -0.662. The maximum atomic E-state index is 12.0. The normalized spacial score (nSPS) is 10.6. The van der Waals surface area contributed by atoms with Gasteiger partial charge in [-0.1, -0.05) is 0 Å². The fourth-order valence-electron chi connectivity index (χ4n) is 0.867. The Morgan fingerprint density at radius 2 is 2.43 bits per heavy atom. The quantitative estimate of drug-likeness (QED) is 0.784. The van der Waals surface area contributed by atoms with Gasteiger partial charge in [0, 0.05) is 6.20 Å². The van der Waals surface area contributed by atoms with Crippen LogP contribution in [0.25, 0.3) is 0 Å². The number of hydrogen-bond donors (Lipinski definition) is 0. The molecule has 0 aliphatic carbocycles. The molecule has 1 rings (SSSR count). The molecule has 0 spiro atoms. The third-order valence-electron chi connectivity index (χ3n) is 1.42. The summed E-state index contributed by atoms with van der Waals surface area (Å²) in [7, 11) is 1.20. The van der Waals surface area contributed by atoms with E-state index in [4.69, 9.17) is 0 Å². The number of nitrogens with zero attached hydrogens (tertiary/aromatic N) is 2. The summed E-state index contributed by atoms with van der Waals surface area (Å²) in [6, 6.07) is 0. The molecule has 1 heterocycles. The molecular formula is C7H7BrF2N2O2. The van der Waals surface area contributed by atoms with E-state index < -0.39 is 18.9 Å². The van der Waals surface area contributed by atoms with E-state index in [0.717, 1.165) is 4.68 Å². The van der Waals surface area contributed by atoms with E-state index in [9.17, 15) is 13.6 Å². The monoisotopic (exact) mass is 268 g/mol. The molecule has 78 valence electrons. The topological polar surface area (TPSA) is 44.1 Å². The molecule has 1 aromatic heterocycles. The Morgan fingerprint density at radius 3 is 2.93 bits per heavy atom. The zero-order valence-corrected chi connectivity index (χ0v) is 8.79. The lowest BCUT2D eigenvalue weighted by atomic mass is 10.4. The van der Waals surface area contributed by atoms with E-state index in [-0.39, 0.29) is 5.69 Å². The zero-order chi connectivity index (χ0) is 10.7. The van der Waals surface area contributed by atoms with E-state index in [1.165, 1.54) is 13.3 Å². The van der Waals surface area contributed by atoms with Crippen LogP contribution in [0.3, 0.4) is 0 Å². The molecule has 0 aromatic carbocycles. The number of aromatic nitrogens is 2. The van der Waals surface area contributed by atoms with E-state index in [0.29, 0.717) is 4.47 Å².